The monoisotopic (exact) mass is 214 g/mol. The molecule has 0 fully saturated rings. The first-order valence-electron chi connectivity index (χ1n) is 5.17. The van der Waals surface area contributed by atoms with E-state index in [0.29, 0.717) is 6.54 Å². The molecule has 0 radical (unpaired) electrons. The molecule has 0 aromatic rings. The van der Waals surface area contributed by atoms with Gasteiger partial charge in [-0.2, -0.15) is 0 Å². The molecular formula is C11H22N2O2. The molecular weight excluding hydrogens is 192 g/mol. The Bertz CT molecular complexity index is 194. The molecule has 4 heteroatoms. The third-order valence-corrected chi connectivity index (χ3v) is 2.15. The van der Waals surface area contributed by atoms with Gasteiger partial charge in [0.05, 0.1) is 0 Å². The minimum absolute atomic E-state index is 0.191. The Morgan fingerprint density at radius 2 is 2.00 bits per heavy atom. The van der Waals surface area contributed by atoms with Crippen LogP contribution in [-0.2, 0) is 9.47 Å². The summed E-state index contributed by atoms with van der Waals surface area (Å²) in [7, 11) is 3.26. The van der Waals surface area contributed by atoms with Gasteiger partial charge >= 0.3 is 0 Å². The maximum Gasteiger partial charge on any atom is 0.158 e. The summed E-state index contributed by atoms with van der Waals surface area (Å²) in [6, 6.07) is 0.216. The molecule has 0 aliphatic carbocycles. The Balaban J connectivity index is 3.74. The number of rotatable bonds is 8. The van der Waals surface area contributed by atoms with E-state index >= 15 is 0 Å². The van der Waals surface area contributed by atoms with Crippen molar-refractivity contribution >= 4 is 0 Å². The molecule has 0 saturated carbocycles. The smallest absolute Gasteiger partial charge is 0.158 e. The lowest BCUT2D eigenvalue weighted by atomic mass is 10.2. The summed E-state index contributed by atoms with van der Waals surface area (Å²) in [6.07, 6.45) is 1.41. The minimum atomic E-state index is -0.191. The standard InChI is InChI=1S/C11H22N2O2/c1-4-5-6-7-13-10(9-12)8-11(14-2)15-3/h10-11,13H,6-9,12H2,1-3H3. The van der Waals surface area contributed by atoms with Crippen LogP contribution in [0.15, 0.2) is 0 Å². The number of methoxy groups -OCH3 is 2. The lowest BCUT2D eigenvalue weighted by molar-refractivity contribution is -0.110. The third kappa shape index (κ3) is 7.34. The van der Waals surface area contributed by atoms with Crippen LogP contribution in [-0.4, -0.2) is 39.6 Å². The second-order valence-electron chi connectivity index (χ2n) is 3.20. The first-order chi connectivity index (χ1) is 7.28. The molecule has 0 bridgehead atoms. The van der Waals surface area contributed by atoms with Gasteiger partial charge < -0.3 is 20.5 Å². The van der Waals surface area contributed by atoms with Crippen LogP contribution in [0, 0.1) is 11.8 Å². The van der Waals surface area contributed by atoms with Crippen LogP contribution in [0.1, 0.15) is 19.8 Å². The number of hydrogen-bond acceptors (Lipinski definition) is 4. The fraction of sp³-hybridized carbons (Fsp3) is 0.818. The van der Waals surface area contributed by atoms with Gasteiger partial charge in [-0.05, 0) is 6.92 Å². The Hall–Kier alpha value is -0.600. The van der Waals surface area contributed by atoms with E-state index in [1.165, 1.54) is 0 Å². The highest BCUT2D eigenvalue weighted by Crippen LogP contribution is 2.01. The molecule has 0 aromatic heterocycles. The third-order valence-electron chi connectivity index (χ3n) is 2.15. The lowest BCUT2D eigenvalue weighted by Gasteiger charge is -2.21. The van der Waals surface area contributed by atoms with Crippen LogP contribution in [0.2, 0.25) is 0 Å². The molecule has 0 aliphatic heterocycles. The summed E-state index contributed by atoms with van der Waals surface area (Å²) in [4.78, 5) is 0. The molecule has 0 aliphatic rings. The second kappa shape index (κ2) is 9.94. The molecule has 1 atom stereocenters. The van der Waals surface area contributed by atoms with E-state index < -0.39 is 0 Å². The van der Waals surface area contributed by atoms with Crippen molar-refractivity contribution in [3.05, 3.63) is 0 Å². The maximum absolute atomic E-state index is 5.64. The highest BCUT2D eigenvalue weighted by atomic mass is 16.7. The zero-order valence-corrected chi connectivity index (χ0v) is 9.88. The Morgan fingerprint density at radius 3 is 2.47 bits per heavy atom. The van der Waals surface area contributed by atoms with Crippen molar-refractivity contribution in [2.45, 2.75) is 32.1 Å². The molecule has 0 rings (SSSR count). The van der Waals surface area contributed by atoms with E-state index in [1.807, 2.05) is 6.92 Å². The lowest BCUT2D eigenvalue weighted by Crippen LogP contribution is -2.40. The maximum atomic E-state index is 5.64. The Kier molecular flexibility index (Phi) is 9.54. The zero-order valence-electron chi connectivity index (χ0n) is 9.88. The summed E-state index contributed by atoms with van der Waals surface area (Å²) in [6.45, 7) is 3.26. The predicted octanol–water partition coefficient (Wildman–Crippen LogP) is 0.326. The van der Waals surface area contributed by atoms with Crippen LogP contribution >= 0.6 is 0 Å². The van der Waals surface area contributed by atoms with Crippen LogP contribution < -0.4 is 11.1 Å². The van der Waals surface area contributed by atoms with Gasteiger partial charge in [0, 0.05) is 46.2 Å². The van der Waals surface area contributed by atoms with E-state index in [2.05, 4.69) is 17.2 Å². The number of nitrogens with two attached hydrogens (primary N) is 1. The van der Waals surface area contributed by atoms with E-state index in [0.717, 1.165) is 19.4 Å². The number of hydrogen-bond donors (Lipinski definition) is 2. The van der Waals surface area contributed by atoms with Crippen molar-refractivity contribution < 1.29 is 9.47 Å². The zero-order chi connectivity index (χ0) is 11.5. The normalized spacial score (nSPS) is 12.3. The van der Waals surface area contributed by atoms with Crippen molar-refractivity contribution in [3.63, 3.8) is 0 Å². The van der Waals surface area contributed by atoms with Gasteiger partial charge in [0.15, 0.2) is 6.29 Å². The van der Waals surface area contributed by atoms with Crippen LogP contribution in [0.25, 0.3) is 0 Å². The van der Waals surface area contributed by atoms with Crippen LogP contribution in [0.5, 0.6) is 0 Å². The molecule has 0 heterocycles. The largest absolute Gasteiger partial charge is 0.356 e. The summed E-state index contributed by atoms with van der Waals surface area (Å²) in [5.41, 5.74) is 5.64. The van der Waals surface area contributed by atoms with Crippen LogP contribution in [0.3, 0.4) is 0 Å². The Labute approximate surface area is 92.5 Å². The summed E-state index contributed by atoms with van der Waals surface area (Å²) >= 11 is 0. The highest BCUT2D eigenvalue weighted by molar-refractivity contribution is 4.95. The van der Waals surface area contributed by atoms with Gasteiger partial charge in [-0.3, -0.25) is 0 Å². The second-order valence-corrected chi connectivity index (χ2v) is 3.20. The van der Waals surface area contributed by atoms with Crippen molar-refractivity contribution in [1.82, 2.24) is 5.32 Å². The van der Waals surface area contributed by atoms with Gasteiger partial charge in [0.2, 0.25) is 0 Å². The fourth-order valence-corrected chi connectivity index (χ4v) is 1.25. The molecule has 88 valence electrons. The summed E-state index contributed by atoms with van der Waals surface area (Å²) < 4.78 is 10.2. The van der Waals surface area contributed by atoms with Gasteiger partial charge in [-0.1, -0.05) is 0 Å². The average Bonchev–Trinajstić information content (AvgIpc) is 2.28. The van der Waals surface area contributed by atoms with E-state index in [4.69, 9.17) is 15.2 Å². The molecule has 0 saturated heterocycles. The minimum Gasteiger partial charge on any atom is -0.356 e. The molecule has 4 nitrogen and oxygen atoms in total. The average molecular weight is 214 g/mol. The summed E-state index contributed by atoms with van der Waals surface area (Å²) in [5.74, 6) is 5.85. The highest BCUT2D eigenvalue weighted by Gasteiger charge is 2.13. The first-order valence-corrected chi connectivity index (χ1v) is 5.17. The topological polar surface area (TPSA) is 56.5 Å². The van der Waals surface area contributed by atoms with Gasteiger partial charge in [-0.15, -0.1) is 11.8 Å². The van der Waals surface area contributed by atoms with E-state index in [-0.39, 0.29) is 12.3 Å². The van der Waals surface area contributed by atoms with Gasteiger partial charge in [0.1, 0.15) is 0 Å². The molecule has 15 heavy (non-hydrogen) atoms. The SMILES string of the molecule is CC#CCCNC(CN)CC(OC)OC. The predicted molar refractivity (Wildman–Crippen MR) is 61.3 cm³/mol. The van der Waals surface area contributed by atoms with Crippen molar-refractivity contribution in [1.29, 1.82) is 0 Å². The van der Waals surface area contributed by atoms with Gasteiger partial charge in [-0.25, -0.2) is 0 Å². The summed E-state index contributed by atoms with van der Waals surface area (Å²) in [5, 5.41) is 3.32. The van der Waals surface area contributed by atoms with Crippen molar-refractivity contribution in [2.75, 3.05) is 27.3 Å². The molecule has 0 aromatic carbocycles. The fourth-order valence-electron chi connectivity index (χ4n) is 1.25. The Morgan fingerprint density at radius 1 is 1.33 bits per heavy atom. The van der Waals surface area contributed by atoms with Crippen molar-refractivity contribution in [3.8, 4) is 11.8 Å². The number of ether oxygens (including phenoxy) is 2. The molecule has 0 spiro atoms. The van der Waals surface area contributed by atoms with E-state index in [9.17, 15) is 0 Å². The molecule has 1 unspecified atom stereocenters. The molecule has 0 amide bonds. The molecule has 3 N–H and O–H groups in total. The van der Waals surface area contributed by atoms with Crippen LogP contribution in [0.4, 0.5) is 0 Å². The quantitative estimate of drug-likeness (QED) is 0.347. The van der Waals surface area contributed by atoms with E-state index in [1.54, 1.807) is 14.2 Å². The first kappa shape index (κ1) is 14.4. The van der Waals surface area contributed by atoms with Crippen molar-refractivity contribution in [2.24, 2.45) is 5.73 Å². The van der Waals surface area contributed by atoms with Gasteiger partial charge in [0.25, 0.3) is 0 Å². The number of nitrogens with one attached hydrogen (secondary N) is 1.